The molecular weight excluding hydrogens is 188 g/mol. The molecule has 4 nitrogen and oxygen atoms in total. The summed E-state index contributed by atoms with van der Waals surface area (Å²) in [6.07, 6.45) is 0.964. The highest BCUT2D eigenvalue weighted by molar-refractivity contribution is 6.53. The number of hydrogen-bond donors (Lipinski definition) is 0. The van der Waals surface area contributed by atoms with Gasteiger partial charge in [0.1, 0.15) is 0 Å². The Morgan fingerprint density at radius 2 is 1.69 bits per heavy atom. The first-order valence-electron chi connectivity index (χ1n) is 4.52. The lowest BCUT2D eigenvalue weighted by molar-refractivity contribution is -0.0258. The van der Waals surface area contributed by atoms with Gasteiger partial charge in [-0.1, -0.05) is 6.92 Å². The number of hydrogen-bond acceptors (Lipinski definition) is 4. The average Bonchev–Trinajstić information content (AvgIpc) is 2.12. The topological polar surface area (TPSA) is 36.9 Å². The van der Waals surface area contributed by atoms with E-state index in [0.29, 0.717) is 6.61 Å². The quantitative estimate of drug-likeness (QED) is 0.595. The smallest absolute Gasteiger partial charge is 0.355 e. The van der Waals surface area contributed by atoms with Crippen molar-refractivity contribution in [2.24, 2.45) is 0 Å². The van der Waals surface area contributed by atoms with Crippen molar-refractivity contribution in [2.75, 3.05) is 20.8 Å². The Morgan fingerprint density at radius 1 is 1.15 bits per heavy atom. The summed E-state index contributed by atoms with van der Waals surface area (Å²) >= 11 is 0. The SMILES string of the molecule is CCCO[Si](OC)(OC)OC(C)C. The zero-order chi connectivity index (χ0) is 10.3. The van der Waals surface area contributed by atoms with Crippen molar-refractivity contribution in [3.63, 3.8) is 0 Å². The minimum absolute atomic E-state index is 0.0448. The molecule has 0 spiro atoms. The highest BCUT2D eigenvalue weighted by atomic mass is 28.4. The van der Waals surface area contributed by atoms with Gasteiger partial charge in [0, 0.05) is 26.9 Å². The van der Waals surface area contributed by atoms with E-state index in [1.165, 1.54) is 0 Å². The minimum atomic E-state index is -2.83. The molecule has 0 aliphatic carbocycles. The molecule has 0 heterocycles. The summed E-state index contributed by atoms with van der Waals surface area (Å²) in [5.74, 6) is 0. The maximum Gasteiger partial charge on any atom is 0.679 e. The predicted molar refractivity (Wildman–Crippen MR) is 52.2 cm³/mol. The van der Waals surface area contributed by atoms with Gasteiger partial charge in [0.25, 0.3) is 0 Å². The minimum Gasteiger partial charge on any atom is -0.355 e. The Hall–Kier alpha value is 0.0569. The van der Waals surface area contributed by atoms with Crippen LogP contribution in [0.15, 0.2) is 0 Å². The van der Waals surface area contributed by atoms with Crippen LogP contribution in [0.3, 0.4) is 0 Å². The number of rotatable bonds is 7. The lowest BCUT2D eigenvalue weighted by atomic mass is 10.5. The third-order valence-corrected chi connectivity index (χ3v) is 3.68. The summed E-state index contributed by atoms with van der Waals surface area (Å²) in [6.45, 7) is 6.48. The van der Waals surface area contributed by atoms with E-state index in [9.17, 15) is 0 Å². The molecule has 0 amide bonds. The molecule has 0 rings (SSSR count). The summed E-state index contributed by atoms with van der Waals surface area (Å²) in [5, 5.41) is 0. The Kier molecular flexibility index (Phi) is 6.53. The van der Waals surface area contributed by atoms with Gasteiger partial charge in [-0.3, -0.25) is 0 Å². The van der Waals surface area contributed by atoms with E-state index >= 15 is 0 Å². The maximum atomic E-state index is 5.51. The lowest BCUT2D eigenvalue weighted by Crippen LogP contribution is -2.49. The summed E-state index contributed by atoms with van der Waals surface area (Å²) < 4.78 is 21.3. The first-order valence-corrected chi connectivity index (χ1v) is 6.15. The molecule has 0 aromatic rings. The highest BCUT2D eigenvalue weighted by Gasteiger charge is 2.44. The third-order valence-electron chi connectivity index (χ3n) is 1.36. The van der Waals surface area contributed by atoms with Crippen molar-refractivity contribution in [1.29, 1.82) is 0 Å². The van der Waals surface area contributed by atoms with Crippen molar-refractivity contribution in [1.82, 2.24) is 0 Å². The second-order valence-electron chi connectivity index (χ2n) is 2.92. The van der Waals surface area contributed by atoms with Gasteiger partial charge in [-0.15, -0.1) is 0 Å². The fourth-order valence-electron chi connectivity index (χ4n) is 0.847. The Bertz CT molecular complexity index is 125. The van der Waals surface area contributed by atoms with Gasteiger partial charge in [0.2, 0.25) is 0 Å². The fourth-order valence-corrected chi connectivity index (χ4v) is 2.54. The largest absolute Gasteiger partial charge is 0.679 e. The van der Waals surface area contributed by atoms with Gasteiger partial charge >= 0.3 is 9.05 Å². The predicted octanol–water partition coefficient (Wildman–Crippen LogP) is 1.57. The van der Waals surface area contributed by atoms with Crippen LogP contribution in [-0.4, -0.2) is 36.0 Å². The van der Waals surface area contributed by atoms with Crippen molar-refractivity contribution in [3.05, 3.63) is 0 Å². The van der Waals surface area contributed by atoms with E-state index < -0.39 is 9.05 Å². The molecule has 5 heteroatoms. The summed E-state index contributed by atoms with van der Waals surface area (Å²) in [5.41, 5.74) is 0. The molecule has 0 fully saturated rings. The van der Waals surface area contributed by atoms with E-state index in [-0.39, 0.29) is 6.10 Å². The fraction of sp³-hybridized carbons (Fsp3) is 1.00. The first kappa shape index (κ1) is 13.1. The summed E-state index contributed by atoms with van der Waals surface area (Å²) in [6, 6.07) is 0. The van der Waals surface area contributed by atoms with Crippen LogP contribution < -0.4 is 0 Å². The standard InChI is InChI=1S/C8H20O4Si/c1-6-7-11-13(9-4,10-5)12-8(2)3/h8H,6-7H2,1-5H3. The molecule has 0 atom stereocenters. The molecule has 0 N–H and O–H groups in total. The Balaban J connectivity index is 4.13. The normalized spacial score (nSPS) is 12.5. The van der Waals surface area contributed by atoms with Crippen LogP contribution in [0.1, 0.15) is 27.2 Å². The monoisotopic (exact) mass is 208 g/mol. The second-order valence-corrected chi connectivity index (χ2v) is 5.26. The van der Waals surface area contributed by atoms with E-state index in [1.54, 1.807) is 14.2 Å². The van der Waals surface area contributed by atoms with Gasteiger partial charge in [-0.2, -0.15) is 0 Å². The molecule has 0 aliphatic heterocycles. The molecule has 0 radical (unpaired) electrons. The molecule has 0 unspecified atom stereocenters. The van der Waals surface area contributed by atoms with Crippen molar-refractivity contribution in [3.8, 4) is 0 Å². The third kappa shape index (κ3) is 4.73. The van der Waals surface area contributed by atoms with Crippen LogP contribution in [0.25, 0.3) is 0 Å². The lowest BCUT2D eigenvalue weighted by Gasteiger charge is -2.26. The summed E-state index contributed by atoms with van der Waals surface area (Å²) in [4.78, 5) is 0. The van der Waals surface area contributed by atoms with Crippen LogP contribution in [0.5, 0.6) is 0 Å². The summed E-state index contributed by atoms with van der Waals surface area (Å²) in [7, 11) is 0.271. The van der Waals surface area contributed by atoms with Gasteiger partial charge in [0.15, 0.2) is 0 Å². The first-order chi connectivity index (χ1) is 6.10. The maximum absolute atomic E-state index is 5.51. The van der Waals surface area contributed by atoms with Crippen LogP contribution in [0, 0.1) is 0 Å². The van der Waals surface area contributed by atoms with Gasteiger partial charge in [0.05, 0.1) is 0 Å². The van der Waals surface area contributed by atoms with E-state index in [0.717, 1.165) is 6.42 Å². The Morgan fingerprint density at radius 3 is 2.00 bits per heavy atom. The van der Waals surface area contributed by atoms with E-state index in [2.05, 4.69) is 0 Å². The molecule has 0 bridgehead atoms. The molecule has 0 saturated heterocycles. The van der Waals surface area contributed by atoms with Crippen molar-refractivity contribution < 1.29 is 17.7 Å². The molecule has 13 heavy (non-hydrogen) atoms. The van der Waals surface area contributed by atoms with Crippen molar-refractivity contribution >= 4 is 9.05 Å². The second kappa shape index (κ2) is 6.50. The zero-order valence-electron chi connectivity index (χ0n) is 9.12. The van der Waals surface area contributed by atoms with Gasteiger partial charge in [-0.05, 0) is 20.3 Å². The molecule has 0 aliphatic rings. The van der Waals surface area contributed by atoms with Crippen LogP contribution >= 0.6 is 0 Å². The molecule has 80 valence electrons. The van der Waals surface area contributed by atoms with Gasteiger partial charge < -0.3 is 17.7 Å². The molecular formula is C8H20O4Si. The van der Waals surface area contributed by atoms with Crippen molar-refractivity contribution in [2.45, 2.75) is 33.3 Å². The van der Waals surface area contributed by atoms with Crippen LogP contribution in [0.4, 0.5) is 0 Å². The van der Waals surface area contributed by atoms with Crippen LogP contribution in [0.2, 0.25) is 0 Å². The van der Waals surface area contributed by atoms with E-state index in [4.69, 9.17) is 17.7 Å². The van der Waals surface area contributed by atoms with Gasteiger partial charge in [-0.25, -0.2) is 0 Å². The molecule has 0 aromatic heterocycles. The van der Waals surface area contributed by atoms with E-state index in [1.807, 2.05) is 20.8 Å². The Labute approximate surface area is 81.6 Å². The molecule has 0 aromatic carbocycles. The zero-order valence-corrected chi connectivity index (χ0v) is 10.1. The highest BCUT2D eigenvalue weighted by Crippen LogP contribution is 2.12. The van der Waals surface area contributed by atoms with Crippen LogP contribution in [-0.2, 0) is 17.7 Å². The average molecular weight is 208 g/mol. The molecule has 0 saturated carbocycles.